The van der Waals surface area contributed by atoms with Gasteiger partial charge in [0.1, 0.15) is 5.75 Å². The standard InChI is InChI=1S/C23H28N2O2/c1-17(2)27-21-12-10-20(11-13-21)22(19-8-6-18(3)7-9-19)16-23(26)25(4)15-5-14-24/h6-13,17,22H,5,15-16H2,1-4H3. The molecule has 0 heterocycles. The van der Waals surface area contributed by atoms with Gasteiger partial charge in [-0.15, -0.1) is 0 Å². The number of aryl methyl sites for hydroxylation is 1. The van der Waals surface area contributed by atoms with Crippen LogP contribution in [-0.4, -0.2) is 30.5 Å². The molecule has 0 aliphatic carbocycles. The second kappa shape index (κ2) is 9.78. The van der Waals surface area contributed by atoms with Gasteiger partial charge in [-0.2, -0.15) is 5.26 Å². The second-order valence-electron chi connectivity index (χ2n) is 7.13. The second-order valence-corrected chi connectivity index (χ2v) is 7.13. The molecule has 4 nitrogen and oxygen atoms in total. The zero-order chi connectivity index (χ0) is 19.8. The summed E-state index contributed by atoms with van der Waals surface area (Å²) in [6, 6.07) is 18.4. The van der Waals surface area contributed by atoms with Gasteiger partial charge >= 0.3 is 0 Å². The van der Waals surface area contributed by atoms with Gasteiger partial charge in [-0.25, -0.2) is 0 Å². The monoisotopic (exact) mass is 364 g/mol. The summed E-state index contributed by atoms with van der Waals surface area (Å²) in [5, 5.41) is 8.75. The van der Waals surface area contributed by atoms with Crippen molar-refractivity contribution in [1.82, 2.24) is 4.90 Å². The molecule has 0 aromatic heterocycles. The maximum atomic E-state index is 12.7. The Labute approximate surface area is 162 Å². The van der Waals surface area contributed by atoms with Gasteiger partial charge in [0.15, 0.2) is 0 Å². The van der Waals surface area contributed by atoms with E-state index < -0.39 is 0 Å². The Balaban J connectivity index is 2.26. The molecule has 0 spiro atoms. The van der Waals surface area contributed by atoms with Crippen LogP contribution in [0.2, 0.25) is 0 Å². The van der Waals surface area contributed by atoms with Crippen molar-refractivity contribution in [3.8, 4) is 11.8 Å². The van der Waals surface area contributed by atoms with Gasteiger partial charge < -0.3 is 9.64 Å². The molecule has 2 aromatic carbocycles. The number of carbonyl (C=O) groups is 1. The molecule has 2 aromatic rings. The highest BCUT2D eigenvalue weighted by molar-refractivity contribution is 5.77. The van der Waals surface area contributed by atoms with Gasteiger partial charge in [0.2, 0.25) is 5.91 Å². The predicted octanol–water partition coefficient (Wildman–Crippen LogP) is 4.68. The third kappa shape index (κ3) is 6.14. The molecule has 0 saturated heterocycles. The number of nitriles is 1. The quantitative estimate of drug-likeness (QED) is 0.683. The van der Waals surface area contributed by atoms with E-state index in [0.29, 0.717) is 19.4 Å². The van der Waals surface area contributed by atoms with Crippen molar-refractivity contribution in [2.45, 2.75) is 45.6 Å². The Hall–Kier alpha value is -2.80. The number of carbonyl (C=O) groups excluding carboxylic acids is 1. The van der Waals surface area contributed by atoms with E-state index in [1.54, 1.807) is 11.9 Å². The normalized spacial score (nSPS) is 11.7. The lowest BCUT2D eigenvalue weighted by atomic mass is 9.87. The first-order valence-electron chi connectivity index (χ1n) is 9.34. The van der Waals surface area contributed by atoms with Crippen LogP contribution in [0.1, 0.15) is 49.3 Å². The molecule has 142 valence electrons. The molecular formula is C23H28N2O2. The van der Waals surface area contributed by atoms with Crippen molar-refractivity contribution in [1.29, 1.82) is 5.26 Å². The number of amides is 1. The van der Waals surface area contributed by atoms with Crippen LogP contribution in [0.3, 0.4) is 0 Å². The van der Waals surface area contributed by atoms with Crippen LogP contribution in [0.5, 0.6) is 5.75 Å². The van der Waals surface area contributed by atoms with Crippen LogP contribution in [0.25, 0.3) is 0 Å². The molecular weight excluding hydrogens is 336 g/mol. The summed E-state index contributed by atoms with van der Waals surface area (Å²) >= 11 is 0. The first-order valence-corrected chi connectivity index (χ1v) is 9.34. The fourth-order valence-corrected chi connectivity index (χ4v) is 2.95. The summed E-state index contributed by atoms with van der Waals surface area (Å²) in [7, 11) is 1.76. The van der Waals surface area contributed by atoms with Gasteiger partial charge in [-0.1, -0.05) is 42.0 Å². The lowest BCUT2D eigenvalue weighted by Crippen LogP contribution is -2.29. The third-order valence-electron chi connectivity index (χ3n) is 4.50. The minimum Gasteiger partial charge on any atom is -0.491 e. The maximum absolute atomic E-state index is 12.7. The van der Waals surface area contributed by atoms with E-state index in [1.807, 2.05) is 38.1 Å². The van der Waals surface area contributed by atoms with Crippen molar-refractivity contribution in [3.63, 3.8) is 0 Å². The summed E-state index contributed by atoms with van der Waals surface area (Å²) < 4.78 is 5.73. The zero-order valence-corrected chi connectivity index (χ0v) is 16.6. The summed E-state index contributed by atoms with van der Waals surface area (Å²) in [6.45, 7) is 6.51. The van der Waals surface area contributed by atoms with Crippen LogP contribution in [-0.2, 0) is 4.79 Å². The first kappa shape index (κ1) is 20.5. The van der Waals surface area contributed by atoms with E-state index in [1.165, 1.54) is 5.56 Å². The first-order chi connectivity index (χ1) is 12.9. The van der Waals surface area contributed by atoms with Gasteiger partial charge in [-0.3, -0.25) is 4.79 Å². The number of hydrogen-bond donors (Lipinski definition) is 0. The van der Waals surface area contributed by atoms with E-state index in [9.17, 15) is 4.79 Å². The number of ether oxygens (including phenoxy) is 1. The van der Waals surface area contributed by atoms with Crippen LogP contribution >= 0.6 is 0 Å². The average molecular weight is 364 g/mol. The van der Waals surface area contributed by atoms with E-state index >= 15 is 0 Å². The Morgan fingerprint density at radius 1 is 1.07 bits per heavy atom. The Bertz CT molecular complexity index is 774. The highest BCUT2D eigenvalue weighted by Crippen LogP contribution is 2.30. The molecule has 4 heteroatoms. The van der Waals surface area contributed by atoms with Crippen molar-refractivity contribution >= 4 is 5.91 Å². The molecule has 0 saturated carbocycles. The third-order valence-corrected chi connectivity index (χ3v) is 4.50. The Kier molecular flexibility index (Phi) is 7.43. The molecule has 0 N–H and O–H groups in total. The largest absolute Gasteiger partial charge is 0.491 e. The van der Waals surface area contributed by atoms with E-state index in [2.05, 4.69) is 37.3 Å². The summed E-state index contributed by atoms with van der Waals surface area (Å²) in [5.74, 6) is 0.836. The fraction of sp³-hybridized carbons (Fsp3) is 0.391. The smallest absolute Gasteiger partial charge is 0.223 e. The Morgan fingerprint density at radius 3 is 2.15 bits per heavy atom. The van der Waals surface area contributed by atoms with Gasteiger partial charge in [0.05, 0.1) is 18.6 Å². The van der Waals surface area contributed by atoms with Gasteiger partial charge in [0.25, 0.3) is 0 Å². The molecule has 27 heavy (non-hydrogen) atoms. The number of benzene rings is 2. The summed E-state index contributed by atoms with van der Waals surface area (Å²) in [4.78, 5) is 14.3. The number of rotatable bonds is 8. The minimum atomic E-state index is -0.0317. The Morgan fingerprint density at radius 2 is 1.63 bits per heavy atom. The molecule has 0 radical (unpaired) electrons. The van der Waals surface area contributed by atoms with Crippen molar-refractivity contribution in [2.24, 2.45) is 0 Å². The molecule has 2 rings (SSSR count). The van der Waals surface area contributed by atoms with Crippen LogP contribution in [0.4, 0.5) is 0 Å². The molecule has 1 amide bonds. The molecule has 0 aliphatic rings. The number of nitrogens with zero attached hydrogens (tertiary/aromatic N) is 2. The molecule has 0 fully saturated rings. The fourth-order valence-electron chi connectivity index (χ4n) is 2.95. The van der Waals surface area contributed by atoms with Crippen LogP contribution in [0, 0.1) is 18.3 Å². The van der Waals surface area contributed by atoms with E-state index in [0.717, 1.165) is 16.9 Å². The van der Waals surface area contributed by atoms with Crippen molar-refractivity contribution < 1.29 is 9.53 Å². The van der Waals surface area contributed by atoms with Gasteiger partial charge in [0, 0.05) is 25.9 Å². The minimum absolute atomic E-state index is 0.0317. The summed E-state index contributed by atoms with van der Waals surface area (Å²) in [6.07, 6.45) is 0.840. The average Bonchev–Trinajstić information content (AvgIpc) is 2.65. The molecule has 1 atom stereocenters. The number of hydrogen-bond acceptors (Lipinski definition) is 3. The highest BCUT2D eigenvalue weighted by Gasteiger charge is 2.20. The van der Waals surface area contributed by atoms with Crippen LogP contribution < -0.4 is 4.74 Å². The zero-order valence-electron chi connectivity index (χ0n) is 16.6. The topological polar surface area (TPSA) is 53.3 Å². The van der Waals surface area contributed by atoms with Crippen LogP contribution in [0.15, 0.2) is 48.5 Å². The SMILES string of the molecule is Cc1ccc(C(CC(=O)N(C)CCC#N)c2ccc(OC(C)C)cc2)cc1. The van der Waals surface area contributed by atoms with E-state index in [4.69, 9.17) is 10.00 Å². The van der Waals surface area contributed by atoms with Gasteiger partial charge in [-0.05, 0) is 44.0 Å². The predicted molar refractivity (Wildman–Crippen MR) is 108 cm³/mol. The van der Waals surface area contributed by atoms with E-state index in [-0.39, 0.29) is 17.9 Å². The molecule has 0 bridgehead atoms. The lowest BCUT2D eigenvalue weighted by molar-refractivity contribution is -0.130. The molecule has 0 aliphatic heterocycles. The maximum Gasteiger partial charge on any atom is 0.223 e. The van der Waals surface area contributed by atoms with Crippen molar-refractivity contribution in [2.75, 3.05) is 13.6 Å². The van der Waals surface area contributed by atoms with Crippen molar-refractivity contribution in [3.05, 3.63) is 65.2 Å². The summed E-state index contributed by atoms with van der Waals surface area (Å²) in [5.41, 5.74) is 3.38. The molecule has 1 unspecified atom stereocenters. The highest BCUT2D eigenvalue weighted by atomic mass is 16.5. The lowest BCUT2D eigenvalue weighted by Gasteiger charge is -2.22.